The monoisotopic (exact) mass is 362 g/mol. The van der Waals surface area contributed by atoms with Crippen LogP contribution >= 0.6 is 0 Å². The molecule has 1 fully saturated rings. The Morgan fingerprint density at radius 2 is 1.64 bits per heavy atom. The van der Waals surface area contributed by atoms with Crippen molar-refractivity contribution in [3.8, 4) is 5.69 Å². The molecule has 0 aliphatic carbocycles. The van der Waals surface area contributed by atoms with Crippen LogP contribution < -0.4 is 10.5 Å². The van der Waals surface area contributed by atoms with E-state index in [1.807, 2.05) is 36.1 Å². The van der Waals surface area contributed by atoms with E-state index in [9.17, 15) is 13.2 Å². The number of hydrogen-bond acceptors (Lipinski definition) is 5. The van der Waals surface area contributed by atoms with E-state index in [0.717, 1.165) is 5.56 Å². The van der Waals surface area contributed by atoms with E-state index in [1.54, 1.807) is 13.0 Å². The maximum Gasteiger partial charge on any atom is 0.271 e. The molecule has 0 radical (unpaired) electrons. The lowest BCUT2D eigenvalue weighted by molar-refractivity contribution is 0.383. The summed E-state index contributed by atoms with van der Waals surface area (Å²) in [5.41, 5.74) is 1.63. The van der Waals surface area contributed by atoms with Crippen molar-refractivity contribution < 1.29 is 8.42 Å². The number of aromatic nitrogens is 2. The molecule has 0 spiro atoms. The van der Waals surface area contributed by atoms with Gasteiger partial charge in [0.15, 0.2) is 0 Å². The van der Waals surface area contributed by atoms with Crippen LogP contribution in [0.5, 0.6) is 0 Å². The van der Waals surface area contributed by atoms with Crippen molar-refractivity contribution >= 4 is 15.8 Å². The second-order valence-electron chi connectivity index (χ2n) is 6.06. The third kappa shape index (κ3) is 3.74. The molecule has 2 heterocycles. The SMILES string of the molecule is CCS(=O)(=O)N1CCN(c2ccc(=O)n(-c3ccc(C)cc3)n2)CC1. The highest BCUT2D eigenvalue weighted by atomic mass is 32.2. The fourth-order valence-electron chi connectivity index (χ4n) is 2.82. The average molecular weight is 362 g/mol. The first-order valence-corrected chi connectivity index (χ1v) is 9.92. The van der Waals surface area contributed by atoms with Crippen molar-refractivity contribution in [2.45, 2.75) is 13.8 Å². The fourth-order valence-corrected chi connectivity index (χ4v) is 3.90. The standard InChI is InChI=1S/C17H22N4O3S/c1-3-25(23,24)20-12-10-19(11-13-20)16-8-9-17(22)21(18-16)15-6-4-14(2)5-7-15/h4-9H,3,10-13H2,1-2H3. The molecule has 25 heavy (non-hydrogen) atoms. The summed E-state index contributed by atoms with van der Waals surface area (Å²) < 4.78 is 26.8. The van der Waals surface area contributed by atoms with E-state index in [1.165, 1.54) is 15.1 Å². The van der Waals surface area contributed by atoms with Gasteiger partial charge in [0.25, 0.3) is 5.56 Å². The highest BCUT2D eigenvalue weighted by Gasteiger charge is 2.26. The van der Waals surface area contributed by atoms with Crippen LogP contribution in [0.1, 0.15) is 12.5 Å². The van der Waals surface area contributed by atoms with Crippen LogP contribution in [0.4, 0.5) is 5.82 Å². The van der Waals surface area contributed by atoms with E-state index in [-0.39, 0.29) is 11.3 Å². The van der Waals surface area contributed by atoms with E-state index in [4.69, 9.17) is 0 Å². The van der Waals surface area contributed by atoms with Gasteiger partial charge in [-0.15, -0.1) is 5.10 Å². The molecule has 0 bridgehead atoms. The van der Waals surface area contributed by atoms with E-state index in [0.29, 0.717) is 37.7 Å². The van der Waals surface area contributed by atoms with Gasteiger partial charge >= 0.3 is 0 Å². The molecule has 134 valence electrons. The van der Waals surface area contributed by atoms with Crippen molar-refractivity contribution in [3.63, 3.8) is 0 Å². The minimum Gasteiger partial charge on any atom is -0.353 e. The molecule has 1 aliphatic rings. The predicted molar refractivity (Wildman–Crippen MR) is 97.8 cm³/mol. The molecule has 0 atom stereocenters. The summed E-state index contributed by atoms with van der Waals surface area (Å²) >= 11 is 0. The summed E-state index contributed by atoms with van der Waals surface area (Å²) in [4.78, 5) is 14.2. The van der Waals surface area contributed by atoms with E-state index in [2.05, 4.69) is 5.10 Å². The van der Waals surface area contributed by atoms with Gasteiger partial charge in [-0.25, -0.2) is 8.42 Å². The molecule has 0 amide bonds. The van der Waals surface area contributed by atoms with Crippen molar-refractivity contribution in [1.82, 2.24) is 14.1 Å². The predicted octanol–water partition coefficient (Wildman–Crippen LogP) is 1.01. The summed E-state index contributed by atoms with van der Waals surface area (Å²) in [5, 5.41) is 4.47. The van der Waals surface area contributed by atoms with Gasteiger partial charge in [0, 0.05) is 32.2 Å². The van der Waals surface area contributed by atoms with Gasteiger partial charge in [-0.1, -0.05) is 17.7 Å². The summed E-state index contributed by atoms with van der Waals surface area (Å²) in [7, 11) is -3.16. The van der Waals surface area contributed by atoms with Crippen molar-refractivity contribution in [2.24, 2.45) is 0 Å². The van der Waals surface area contributed by atoms with Gasteiger partial charge < -0.3 is 4.90 Å². The zero-order valence-corrected chi connectivity index (χ0v) is 15.2. The Morgan fingerprint density at radius 1 is 1.00 bits per heavy atom. The minimum absolute atomic E-state index is 0.115. The molecule has 1 saturated heterocycles. The van der Waals surface area contributed by atoms with Gasteiger partial charge in [0.1, 0.15) is 5.82 Å². The fraction of sp³-hybridized carbons (Fsp3) is 0.412. The molecule has 7 nitrogen and oxygen atoms in total. The zero-order valence-electron chi connectivity index (χ0n) is 14.4. The lowest BCUT2D eigenvalue weighted by Crippen LogP contribution is -2.49. The third-order valence-corrected chi connectivity index (χ3v) is 6.27. The number of rotatable bonds is 4. The van der Waals surface area contributed by atoms with Gasteiger partial charge in [-0.2, -0.15) is 8.99 Å². The molecule has 1 aromatic carbocycles. The van der Waals surface area contributed by atoms with Gasteiger partial charge in [-0.3, -0.25) is 4.79 Å². The Balaban J connectivity index is 1.82. The quantitative estimate of drug-likeness (QED) is 0.811. The van der Waals surface area contributed by atoms with Gasteiger partial charge in [0.2, 0.25) is 10.0 Å². The molecule has 0 unspecified atom stereocenters. The summed E-state index contributed by atoms with van der Waals surface area (Å²) in [5.74, 6) is 0.789. The summed E-state index contributed by atoms with van der Waals surface area (Å²) in [6.45, 7) is 5.61. The largest absolute Gasteiger partial charge is 0.353 e. The second kappa shape index (κ2) is 6.97. The first-order valence-electron chi connectivity index (χ1n) is 8.31. The van der Waals surface area contributed by atoms with Crippen LogP contribution in [0.15, 0.2) is 41.2 Å². The van der Waals surface area contributed by atoms with Crippen LogP contribution in [-0.4, -0.2) is 54.4 Å². The lowest BCUT2D eigenvalue weighted by atomic mass is 10.2. The van der Waals surface area contributed by atoms with Gasteiger partial charge in [-0.05, 0) is 32.0 Å². The number of benzene rings is 1. The smallest absolute Gasteiger partial charge is 0.271 e. The third-order valence-electron chi connectivity index (χ3n) is 4.39. The topological polar surface area (TPSA) is 75.5 Å². The van der Waals surface area contributed by atoms with Crippen LogP contribution in [0.3, 0.4) is 0 Å². The summed E-state index contributed by atoms with van der Waals surface area (Å²) in [6.07, 6.45) is 0. The Morgan fingerprint density at radius 3 is 2.24 bits per heavy atom. The molecule has 3 rings (SSSR count). The maximum absolute atomic E-state index is 12.2. The van der Waals surface area contributed by atoms with Crippen LogP contribution in [-0.2, 0) is 10.0 Å². The van der Waals surface area contributed by atoms with Crippen molar-refractivity contribution in [1.29, 1.82) is 0 Å². The number of anilines is 1. The Hall–Kier alpha value is -2.19. The number of piperazine rings is 1. The molecule has 0 saturated carbocycles. The lowest BCUT2D eigenvalue weighted by Gasteiger charge is -2.34. The highest BCUT2D eigenvalue weighted by Crippen LogP contribution is 2.15. The normalized spacial score (nSPS) is 16.2. The number of sulfonamides is 1. The number of aryl methyl sites for hydroxylation is 1. The van der Waals surface area contributed by atoms with Crippen molar-refractivity contribution in [3.05, 3.63) is 52.3 Å². The minimum atomic E-state index is -3.16. The Bertz CT molecular complexity index is 898. The van der Waals surface area contributed by atoms with Crippen LogP contribution in [0.25, 0.3) is 5.69 Å². The highest BCUT2D eigenvalue weighted by molar-refractivity contribution is 7.89. The molecule has 1 aliphatic heterocycles. The number of nitrogens with zero attached hydrogens (tertiary/aromatic N) is 4. The van der Waals surface area contributed by atoms with Gasteiger partial charge in [0.05, 0.1) is 11.4 Å². The average Bonchev–Trinajstić information content (AvgIpc) is 2.63. The molecule has 1 aromatic heterocycles. The van der Waals surface area contributed by atoms with E-state index >= 15 is 0 Å². The van der Waals surface area contributed by atoms with E-state index < -0.39 is 10.0 Å². The van der Waals surface area contributed by atoms with Crippen molar-refractivity contribution in [2.75, 3.05) is 36.8 Å². The number of hydrogen-bond donors (Lipinski definition) is 0. The molecule has 0 N–H and O–H groups in total. The molecule has 2 aromatic rings. The second-order valence-corrected chi connectivity index (χ2v) is 8.32. The molecular weight excluding hydrogens is 340 g/mol. The molecule has 8 heteroatoms. The first-order chi connectivity index (χ1) is 11.9. The van der Waals surface area contributed by atoms with Crippen LogP contribution in [0.2, 0.25) is 0 Å². The zero-order chi connectivity index (χ0) is 18.0. The summed E-state index contributed by atoms with van der Waals surface area (Å²) in [6, 6.07) is 10.8. The Kier molecular flexibility index (Phi) is 4.91. The first kappa shape index (κ1) is 17.6. The maximum atomic E-state index is 12.2. The Labute approximate surface area is 147 Å². The molecular formula is C17H22N4O3S. The van der Waals surface area contributed by atoms with Crippen LogP contribution in [0, 0.1) is 6.92 Å².